The van der Waals surface area contributed by atoms with E-state index in [9.17, 15) is 4.79 Å². The zero-order valence-electron chi connectivity index (χ0n) is 11.6. The minimum atomic E-state index is -0.266. The number of carbonyl (C=O) groups excluding carboxylic acids is 1. The Hall–Kier alpha value is -1.67. The van der Waals surface area contributed by atoms with Gasteiger partial charge in [0.2, 0.25) is 0 Å². The van der Waals surface area contributed by atoms with E-state index < -0.39 is 0 Å². The van der Waals surface area contributed by atoms with E-state index in [1.807, 2.05) is 35.7 Å². The van der Waals surface area contributed by atoms with Gasteiger partial charge in [-0.3, -0.25) is 9.20 Å². The molecule has 2 heterocycles. The molecule has 0 radical (unpaired) electrons. The molecule has 0 aliphatic heterocycles. The molecule has 1 amide bonds. The molecule has 0 fully saturated rings. The van der Waals surface area contributed by atoms with Crippen LogP contribution in [0.1, 0.15) is 29.1 Å². The van der Waals surface area contributed by atoms with E-state index in [0.29, 0.717) is 16.4 Å². The predicted octanol–water partition coefficient (Wildman–Crippen LogP) is 3.48. The molecule has 1 N–H and O–H groups in total. The molecule has 3 aromatic rings. The number of hydrogen-bond acceptors (Lipinski definition) is 3. The van der Waals surface area contributed by atoms with Gasteiger partial charge in [-0.1, -0.05) is 17.7 Å². The molecule has 2 aromatic heterocycles. The number of nitrogens with one attached hydrogen (secondary N) is 1. The van der Waals surface area contributed by atoms with Crippen molar-refractivity contribution in [3.63, 3.8) is 0 Å². The van der Waals surface area contributed by atoms with Gasteiger partial charge >= 0.3 is 0 Å². The predicted molar refractivity (Wildman–Crippen MR) is 93.0 cm³/mol. The average molecular weight is 427 g/mol. The van der Waals surface area contributed by atoms with E-state index in [4.69, 9.17) is 11.6 Å². The first-order valence-corrected chi connectivity index (χ1v) is 8.07. The number of pyridine rings is 1. The lowest BCUT2D eigenvalue weighted by atomic mass is 10.2. The number of nitrogens with zero attached hydrogens (tertiary/aromatic N) is 3. The average Bonchev–Trinajstić information content (AvgIpc) is 2.94. The number of halogens is 2. The number of hydrogen-bond donors (Lipinski definition) is 1. The highest BCUT2D eigenvalue weighted by atomic mass is 127. The third-order valence-electron chi connectivity index (χ3n) is 3.26. The van der Waals surface area contributed by atoms with Gasteiger partial charge in [-0.2, -0.15) is 0 Å². The van der Waals surface area contributed by atoms with Crippen LogP contribution in [0.2, 0.25) is 5.02 Å². The molecular formula is C15H12ClIN4O. The number of amides is 1. The van der Waals surface area contributed by atoms with Crippen LogP contribution in [0.25, 0.3) is 5.65 Å². The number of benzene rings is 1. The van der Waals surface area contributed by atoms with Crippen molar-refractivity contribution < 1.29 is 4.79 Å². The summed E-state index contributed by atoms with van der Waals surface area (Å²) in [6, 6.07) is 10.6. The Bertz CT molecular complexity index is 848. The van der Waals surface area contributed by atoms with Gasteiger partial charge in [-0.15, -0.1) is 10.2 Å². The van der Waals surface area contributed by atoms with E-state index in [1.54, 1.807) is 18.2 Å². The van der Waals surface area contributed by atoms with Crippen LogP contribution in [0.5, 0.6) is 0 Å². The summed E-state index contributed by atoms with van der Waals surface area (Å²) in [4.78, 5) is 12.3. The first-order valence-electron chi connectivity index (χ1n) is 6.62. The molecule has 3 rings (SSSR count). The first-order chi connectivity index (χ1) is 10.6. The summed E-state index contributed by atoms with van der Waals surface area (Å²) in [7, 11) is 0. The zero-order valence-corrected chi connectivity index (χ0v) is 14.5. The Morgan fingerprint density at radius 1 is 1.32 bits per heavy atom. The Morgan fingerprint density at radius 2 is 2.14 bits per heavy atom. The standard InChI is InChI=1S/C15H12ClIN4O/c1-9(14-20-19-13-4-2-3-7-21(13)14)18-15(22)10-5-6-11(16)12(17)8-10/h2-9H,1H3,(H,18,22). The van der Waals surface area contributed by atoms with Crippen molar-refractivity contribution in [3.8, 4) is 0 Å². The monoisotopic (exact) mass is 426 g/mol. The third-order valence-corrected chi connectivity index (χ3v) is 4.80. The summed E-state index contributed by atoms with van der Waals surface area (Å²) < 4.78 is 2.70. The fourth-order valence-corrected chi connectivity index (χ4v) is 2.77. The van der Waals surface area contributed by atoms with Crippen molar-refractivity contribution in [2.45, 2.75) is 13.0 Å². The molecule has 0 saturated carbocycles. The zero-order chi connectivity index (χ0) is 15.7. The minimum Gasteiger partial charge on any atom is -0.342 e. The normalized spacial score (nSPS) is 12.3. The highest BCUT2D eigenvalue weighted by Gasteiger charge is 2.17. The molecule has 7 heteroatoms. The van der Waals surface area contributed by atoms with E-state index in [1.165, 1.54) is 0 Å². The molecule has 1 unspecified atom stereocenters. The van der Waals surface area contributed by atoms with Crippen molar-refractivity contribution in [3.05, 3.63) is 62.6 Å². The van der Waals surface area contributed by atoms with E-state index in [-0.39, 0.29) is 11.9 Å². The van der Waals surface area contributed by atoms with Crippen LogP contribution in [0.3, 0.4) is 0 Å². The maximum absolute atomic E-state index is 12.3. The largest absolute Gasteiger partial charge is 0.342 e. The molecule has 0 aliphatic carbocycles. The summed E-state index contributed by atoms with van der Waals surface area (Å²) >= 11 is 8.08. The summed E-state index contributed by atoms with van der Waals surface area (Å²) in [6.45, 7) is 1.88. The molecule has 0 spiro atoms. The van der Waals surface area contributed by atoms with Crippen LogP contribution in [-0.2, 0) is 0 Å². The smallest absolute Gasteiger partial charge is 0.251 e. The molecule has 1 atom stereocenters. The van der Waals surface area contributed by atoms with Crippen LogP contribution >= 0.6 is 34.2 Å². The summed E-state index contributed by atoms with van der Waals surface area (Å²) in [5.74, 6) is 0.516. The second-order valence-electron chi connectivity index (χ2n) is 4.81. The fraction of sp³-hybridized carbons (Fsp3) is 0.133. The Labute approximate surface area is 145 Å². The third kappa shape index (κ3) is 2.93. The van der Waals surface area contributed by atoms with Gasteiger partial charge in [0, 0.05) is 15.3 Å². The van der Waals surface area contributed by atoms with Crippen molar-refractivity contribution in [2.24, 2.45) is 0 Å². The Balaban J connectivity index is 1.82. The lowest BCUT2D eigenvalue weighted by Crippen LogP contribution is -2.28. The molecule has 1 aromatic carbocycles. The second kappa shape index (κ2) is 6.21. The van der Waals surface area contributed by atoms with Crippen molar-refractivity contribution in [2.75, 3.05) is 0 Å². The van der Waals surface area contributed by atoms with E-state index in [2.05, 4.69) is 38.1 Å². The van der Waals surface area contributed by atoms with Gasteiger partial charge in [0.1, 0.15) is 0 Å². The van der Waals surface area contributed by atoms with Crippen molar-refractivity contribution in [1.29, 1.82) is 0 Å². The molecule has 0 bridgehead atoms. The van der Waals surface area contributed by atoms with Gasteiger partial charge in [0.05, 0.1) is 11.1 Å². The summed E-state index contributed by atoms with van der Waals surface area (Å²) in [6.07, 6.45) is 1.87. The number of carbonyl (C=O) groups is 1. The van der Waals surface area contributed by atoms with Gasteiger partial charge in [0.15, 0.2) is 11.5 Å². The van der Waals surface area contributed by atoms with Crippen LogP contribution < -0.4 is 5.32 Å². The number of fused-ring (bicyclic) bond motifs is 1. The molecule has 112 valence electrons. The SMILES string of the molecule is CC(NC(=O)c1ccc(Cl)c(I)c1)c1nnc2ccccn12. The molecule has 0 aliphatic rings. The first kappa shape index (κ1) is 15.2. The number of aromatic nitrogens is 3. The van der Waals surface area contributed by atoms with Crippen molar-refractivity contribution >= 4 is 45.7 Å². The van der Waals surface area contributed by atoms with Crippen LogP contribution in [0, 0.1) is 3.57 Å². The Kier molecular flexibility index (Phi) is 4.30. The summed E-state index contributed by atoms with van der Waals surface area (Å²) in [5.41, 5.74) is 1.31. The fourth-order valence-electron chi connectivity index (χ4n) is 2.14. The van der Waals surface area contributed by atoms with Gasteiger partial charge in [-0.05, 0) is 59.8 Å². The van der Waals surface area contributed by atoms with Gasteiger partial charge in [-0.25, -0.2) is 0 Å². The van der Waals surface area contributed by atoms with Crippen molar-refractivity contribution in [1.82, 2.24) is 19.9 Å². The molecular weight excluding hydrogens is 415 g/mol. The van der Waals surface area contributed by atoms with E-state index >= 15 is 0 Å². The maximum Gasteiger partial charge on any atom is 0.251 e. The molecule has 22 heavy (non-hydrogen) atoms. The highest BCUT2D eigenvalue weighted by Crippen LogP contribution is 2.20. The maximum atomic E-state index is 12.3. The second-order valence-corrected chi connectivity index (χ2v) is 6.38. The Morgan fingerprint density at radius 3 is 2.91 bits per heavy atom. The van der Waals surface area contributed by atoms with Crippen LogP contribution in [0.15, 0.2) is 42.6 Å². The molecule has 0 saturated heterocycles. The summed E-state index contributed by atoms with van der Waals surface area (Å²) in [5, 5.41) is 11.8. The highest BCUT2D eigenvalue weighted by molar-refractivity contribution is 14.1. The van der Waals surface area contributed by atoms with Crippen LogP contribution in [0.4, 0.5) is 0 Å². The lowest BCUT2D eigenvalue weighted by molar-refractivity contribution is 0.0938. The quantitative estimate of drug-likeness (QED) is 0.653. The minimum absolute atomic E-state index is 0.172. The number of rotatable bonds is 3. The van der Waals surface area contributed by atoms with E-state index in [0.717, 1.165) is 9.22 Å². The van der Waals surface area contributed by atoms with Crippen LogP contribution in [-0.4, -0.2) is 20.5 Å². The molecule has 5 nitrogen and oxygen atoms in total. The van der Waals surface area contributed by atoms with Gasteiger partial charge in [0.25, 0.3) is 5.91 Å². The van der Waals surface area contributed by atoms with Gasteiger partial charge < -0.3 is 5.32 Å². The topological polar surface area (TPSA) is 59.3 Å². The lowest BCUT2D eigenvalue weighted by Gasteiger charge is -2.12.